The van der Waals surface area contributed by atoms with Crippen LogP contribution in [0.4, 0.5) is 4.79 Å². The molecule has 0 spiro atoms. The highest BCUT2D eigenvalue weighted by atomic mass is 31.3. The van der Waals surface area contributed by atoms with Crippen molar-refractivity contribution in [2.45, 2.75) is 50.3 Å². The maximum atomic E-state index is 13.7. The van der Waals surface area contributed by atoms with Crippen LogP contribution in [0.1, 0.15) is 24.0 Å². The first-order valence-electron chi connectivity index (χ1n) is 13.4. The Bertz CT molecular complexity index is 1920. The van der Waals surface area contributed by atoms with Gasteiger partial charge in [-0.25, -0.2) is 37.7 Å². The van der Waals surface area contributed by atoms with E-state index >= 15 is 0 Å². The molecule has 24 nitrogen and oxygen atoms in total. The van der Waals surface area contributed by atoms with E-state index in [0.29, 0.717) is 11.4 Å². The second-order valence-corrected chi connectivity index (χ2v) is 14.6. The number of hydrogen-bond acceptors (Lipinski definition) is 16. The SMILES string of the molecule is COC(=O)N[C@@H](CCc1c(C)nc2n(C)c3c(ncn3[C@@H]3O[C@H](COP(=O)(O)OP(=O)(O)OP(=O)(O)O)[C@@H](O)[C@H]3O)c(=O)n12)C(=O)OC. The number of nitrogens with one attached hydrogen (secondary N) is 1. The van der Waals surface area contributed by atoms with Gasteiger partial charge in [0, 0.05) is 7.05 Å². The van der Waals surface area contributed by atoms with Crippen molar-refractivity contribution in [3.05, 3.63) is 28.1 Å². The number of alkyl carbamates (subject to hydrolysis) is 1. The Morgan fingerprint density at radius 2 is 1.73 bits per heavy atom. The Balaban J connectivity index is 1.60. The Morgan fingerprint density at radius 1 is 1.06 bits per heavy atom. The monoisotopic (exact) mass is 748 g/mol. The van der Waals surface area contributed by atoms with Crippen LogP contribution in [0.25, 0.3) is 16.9 Å². The van der Waals surface area contributed by atoms with Crippen LogP contribution in [0.5, 0.6) is 0 Å². The molecule has 1 aliphatic heterocycles. The first-order chi connectivity index (χ1) is 22.2. The molecule has 7 N–H and O–H groups in total. The lowest BCUT2D eigenvalue weighted by atomic mass is 10.1. The molecule has 0 aliphatic carbocycles. The van der Waals surface area contributed by atoms with E-state index in [1.807, 2.05) is 0 Å². The molecule has 1 saturated heterocycles. The van der Waals surface area contributed by atoms with Crippen LogP contribution in [-0.2, 0) is 59.3 Å². The molecule has 4 heterocycles. The predicted octanol–water partition coefficient (Wildman–Crippen LogP) is -1.52. The molecule has 0 bridgehead atoms. The zero-order chi connectivity index (χ0) is 35.9. The highest BCUT2D eigenvalue weighted by Gasteiger charge is 2.47. The van der Waals surface area contributed by atoms with Crippen molar-refractivity contribution >= 4 is 52.5 Å². The smallest absolute Gasteiger partial charge is 0.467 e. The number of rotatable bonds is 13. The number of aromatic nitrogens is 5. The van der Waals surface area contributed by atoms with Gasteiger partial charge in [-0.3, -0.25) is 18.5 Å². The van der Waals surface area contributed by atoms with Gasteiger partial charge >= 0.3 is 35.5 Å². The van der Waals surface area contributed by atoms with Crippen LogP contribution in [0, 0.1) is 6.92 Å². The van der Waals surface area contributed by atoms with E-state index < -0.39 is 78.3 Å². The van der Waals surface area contributed by atoms with Crippen LogP contribution in [-0.4, -0.2) is 111 Å². The molecule has 3 aromatic rings. The zero-order valence-corrected chi connectivity index (χ0v) is 27.9. The number of methoxy groups -OCH3 is 2. The average molecular weight is 748 g/mol. The summed E-state index contributed by atoms with van der Waals surface area (Å²) >= 11 is 0. The number of carbonyl (C=O) groups excluding carboxylic acids is 2. The summed E-state index contributed by atoms with van der Waals surface area (Å²) in [5.41, 5.74) is 0.000973. The number of aliphatic hydroxyl groups excluding tert-OH is 2. The van der Waals surface area contributed by atoms with Gasteiger partial charge in [0.2, 0.25) is 5.78 Å². The number of aliphatic hydroxyl groups is 2. The minimum absolute atomic E-state index is 0.00609. The van der Waals surface area contributed by atoms with Gasteiger partial charge in [-0.1, -0.05) is 0 Å². The first kappa shape index (κ1) is 37.7. The molecule has 4 rings (SSSR count). The van der Waals surface area contributed by atoms with Crippen LogP contribution >= 0.6 is 23.5 Å². The number of aryl methyl sites for hydroxylation is 3. The minimum atomic E-state index is -5.81. The van der Waals surface area contributed by atoms with Crippen molar-refractivity contribution in [2.24, 2.45) is 7.05 Å². The lowest BCUT2D eigenvalue weighted by Gasteiger charge is -2.19. The highest BCUT2D eigenvalue weighted by Crippen LogP contribution is 2.66. The third-order valence-corrected chi connectivity index (χ3v) is 10.8. The molecule has 3 aromatic heterocycles. The van der Waals surface area contributed by atoms with Crippen molar-refractivity contribution in [3.8, 4) is 0 Å². The van der Waals surface area contributed by atoms with Crippen LogP contribution in [0.15, 0.2) is 11.1 Å². The third kappa shape index (κ3) is 8.03. The van der Waals surface area contributed by atoms with Crippen molar-refractivity contribution in [1.29, 1.82) is 0 Å². The Labute approximate surface area is 268 Å². The summed E-state index contributed by atoms with van der Waals surface area (Å²) in [7, 11) is -13.2. The number of imidazole rings is 2. The molecule has 268 valence electrons. The fourth-order valence-corrected chi connectivity index (χ4v) is 7.97. The number of ether oxygens (including phenoxy) is 3. The summed E-state index contributed by atoms with van der Waals surface area (Å²) in [5.74, 6) is -0.659. The quantitative estimate of drug-likeness (QED) is 0.0771. The van der Waals surface area contributed by atoms with E-state index in [1.165, 1.54) is 20.6 Å². The number of esters is 1. The third-order valence-electron chi connectivity index (χ3n) is 7.01. The summed E-state index contributed by atoms with van der Waals surface area (Å²) < 4.78 is 65.0. The molecule has 27 heteroatoms. The maximum Gasteiger partial charge on any atom is 0.490 e. The average Bonchev–Trinajstić information content (AvgIpc) is 3.64. The van der Waals surface area contributed by atoms with Gasteiger partial charge in [0.1, 0.15) is 24.4 Å². The summed E-state index contributed by atoms with van der Waals surface area (Å²) in [5, 5.41) is 23.7. The molecular formula is C21H31N6O18P3. The Kier molecular flexibility index (Phi) is 11.0. The van der Waals surface area contributed by atoms with E-state index in [1.54, 1.807) is 6.92 Å². The second-order valence-electron chi connectivity index (χ2n) is 10.2. The zero-order valence-electron chi connectivity index (χ0n) is 25.2. The first-order valence-corrected chi connectivity index (χ1v) is 17.9. The van der Waals surface area contributed by atoms with Gasteiger partial charge in [0.05, 0.1) is 38.5 Å². The molecule has 48 heavy (non-hydrogen) atoms. The Hall–Kier alpha value is -3.08. The van der Waals surface area contributed by atoms with Gasteiger partial charge in [-0.15, -0.1) is 0 Å². The molecular weight excluding hydrogens is 717 g/mol. The minimum Gasteiger partial charge on any atom is -0.467 e. The van der Waals surface area contributed by atoms with Gasteiger partial charge in [-0.05, 0) is 19.8 Å². The number of fused-ring (bicyclic) bond motifs is 2. The van der Waals surface area contributed by atoms with Crippen molar-refractivity contribution < 1.29 is 80.4 Å². The standard InChI is InChI=1S/C21H31N6O18P3/c1-9-11(6-5-10(19(31)40-3)24-21(32)41-4)27-17(30)13-16(25(2)20(27)23-9)26(8-22-13)18-15(29)14(28)12(43-18)7-42-47(36,37)45-48(38,39)44-46(33,34)35/h8,10,12,14-15,18,28-29H,5-7H2,1-4H3,(H,24,32)(H,36,37)(H,38,39)(H2,33,34,35)/t10-,12+,14+,15+,18+/m0/s1. The topological polar surface area (TPSA) is 331 Å². The molecule has 2 unspecified atom stereocenters. The van der Waals surface area contributed by atoms with Gasteiger partial charge in [-0.2, -0.15) is 8.62 Å². The van der Waals surface area contributed by atoms with Gasteiger partial charge in [0.15, 0.2) is 17.4 Å². The molecule has 0 aromatic carbocycles. The number of phosphoric ester groups is 1. The number of hydrogen-bond donors (Lipinski definition) is 7. The molecule has 7 atom stereocenters. The normalized spacial score (nSPS) is 23.1. The van der Waals surface area contributed by atoms with E-state index in [0.717, 1.165) is 20.5 Å². The van der Waals surface area contributed by atoms with Gasteiger partial charge < -0.3 is 49.3 Å². The van der Waals surface area contributed by atoms with Crippen LogP contribution < -0.4 is 10.9 Å². The molecule has 1 amide bonds. The van der Waals surface area contributed by atoms with Crippen molar-refractivity contribution in [2.75, 3.05) is 20.8 Å². The highest BCUT2D eigenvalue weighted by molar-refractivity contribution is 7.66. The Morgan fingerprint density at radius 3 is 2.33 bits per heavy atom. The number of amides is 1. The number of nitrogens with zero attached hydrogens (tertiary/aromatic N) is 5. The predicted molar refractivity (Wildman–Crippen MR) is 154 cm³/mol. The largest absolute Gasteiger partial charge is 0.490 e. The van der Waals surface area contributed by atoms with E-state index in [2.05, 4.69) is 33.2 Å². The lowest BCUT2D eigenvalue weighted by molar-refractivity contribution is -0.143. The fourth-order valence-electron chi connectivity index (χ4n) is 4.94. The summed E-state index contributed by atoms with van der Waals surface area (Å²) in [6, 6.07) is -1.11. The molecule has 1 aliphatic rings. The second kappa shape index (κ2) is 14.0. The van der Waals surface area contributed by atoms with Gasteiger partial charge in [0.25, 0.3) is 5.56 Å². The maximum absolute atomic E-state index is 13.7. The summed E-state index contributed by atoms with van der Waals surface area (Å²) in [4.78, 5) is 82.6. The van der Waals surface area contributed by atoms with E-state index in [-0.39, 0.29) is 29.8 Å². The van der Waals surface area contributed by atoms with Crippen LogP contribution in [0.2, 0.25) is 0 Å². The fraction of sp³-hybridized carbons (Fsp3) is 0.571. The molecule has 1 fully saturated rings. The number of carbonyl (C=O) groups is 2. The lowest BCUT2D eigenvalue weighted by Crippen LogP contribution is -2.41. The summed E-state index contributed by atoms with van der Waals surface area (Å²) in [6.45, 7) is 0.547. The van der Waals surface area contributed by atoms with E-state index in [4.69, 9.17) is 19.3 Å². The molecule has 0 saturated carbocycles. The van der Waals surface area contributed by atoms with Crippen LogP contribution in [0.3, 0.4) is 0 Å². The summed E-state index contributed by atoms with van der Waals surface area (Å²) in [6.07, 6.45) is -6.39. The van der Waals surface area contributed by atoms with Crippen molar-refractivity contribution in [3.63, 3.8) is 0 Å². The number of phosphoric acid groups is 3. The van der Waals surface area contributed by atoms with E-state index in [9.17, 15) is 48.1 Å². The van der Waals surface area contributed by atoms with Crippen molar-refractivity contribution in [1.82, 2.24) is 28.8 Å². The molecule has 0 radical (unpaired) electrons.